The Morgan fingerprint density at radius 1 is 1.12 bits per heavy atom. The minimum atomic E-state index is -0.771. The smallest absolute Gasteiger partial charge is 0.122 e. The molecular weight excluding hydrogens is 302 g/mol. The van der Waals surface area contributed by atoms with Gasteiger partial charge in [0.1, 0.15) is 18.5 Å². The minimum Gasteiger partial charge on any atom is -0.489 e. The highest BCUT2D eigenvalue weighted by molar-refractivity contribution is 5.33. The lowest BCUT2D eigenvalue weighted by atomic mass is 10.1. The Morgan fingerprint density at radius 2 is 1.96 bits per heavy atom. The van der Waals surface area contributed by atoms with E-state index in [4.69, 9.17) is 4.74 Å². The van der Waals surface area contributed by atoms with Gasteiger partial charge >= 0.3 is 0 Å². The van der Waals surface area contributed by atoms with E-state index < -0.39 is 6.10 Å². The topological polar surface area (TPSA) is 60.2 Å². The Balaban J connectivity index is 1.73. The van der Waals surface area contributed by atoms with Crippen molar-refractivity contribution >= 4 is 0 Å². The maximum atomic E-state index is 10.6. The molecule has 1 atom stereocenters. The third-order valence-electron chi connectivity index (χ3n) is 3.79. The molecule has 0 amide bonds. The lowest BCUT2D eigenvalue weighted by molar-refractivity contribution is 0.206. The fourth-order valence-corrected chi connectivity index (χ4v) is 2.55. The number of rotatable bonds is 7. The zero-order valence-corrected chi connectivity index (χ0v) is 13.7. The highest BCUT2D eigenvalue weighted by Crippen LogP contribution is 2.25. The molecule has 124 valence electrons. The molecule has 3 rings (SSSR count). The second-order valence-corrected chi connectivity index (χ2v) is 5.63. The molecule has 0 saturated heterocycles. The number of nitrogens with zero attached hydrogens (tertiary/aromatic N) is 3. The van der Waals surface area contributed by atoms with Gasteiger partial charge in [-0.2, -0.15) is 0 Å². The van der Waals surface area contributed by atoms with Crippen LogP contribution in [0.25, 0.3) is 0 Å². The van der Waals surface area contributed by atoms with Crippen LogP contribution in [0, 0.1) is 0 Å². The number of ether oxygens (including phenoxy) is 1. The molecule has 0 spiro atoms. The van der Waals surface area contributed by atoms with Gasteiger partial charge < -0.3 is 9.84 Å². The molecule has 0 radical (unpaired) electrons. The molecule has 0 fully saturated rings. The molecule has 3 aromatic rings. The van der Waals surface area contributed by atoms with E-state index in [2.05, 4.69) is 17.2 Å². The van der Waals surface area contributed by atoms with Crippen molar-refractivity contribution in [1.29, 1.82) is 0 Å². The van der Waals surface area contributed by atoms with Gasteiger partial charge in [0.2, 0.25) is 0 Å². The molecule has 1 heterocycles. The first-order valence-corrected chi connectivity index (χ1v) is 8.11. The van der Waals surface area contributed by atoms with E-state index in [1.54, 1.807) is 10.9 Å². The average molecular weight is 323 g/mol. The number of aliphatic hydroxyl groups is 1. The largest absolute Gasteiger partial charge is 0.489 e. The second-order valence-electron chi connectivity index (χ2n) is 5.63. The normalized spacial score (nSPS) is 12.1. The third-order valence-corrected chi connectivity index (χ3v) is 3.79. The molecule has 0 bridgehead atoms. The fourth-order valence-electron chi connectivity index (χ4n) is 2.55. The van der Waals surface area contributed by atoms with Crippen molar-refractivity contribution in [2.24, 2.45) is 0 Å². The summed E-state index contributed by atoms with van der Waals surface area (Å²) in [5.74, 6) is 0.727. The van der Waals surface area contributed by atoms with Gasteiger partial charge in [-0.3, -0.25) is 0 Å². The van der Waals surface area contributed by atoms with Crippen LogP contribution in [0.4, 0.5) is 0 Å². The van der Waals surface area contributed by atoms with Crippen LogP contribution in [0.2, 0.25) is 0 Å². The van der Waals surface area contributed by atoms with Gasteiger partial charge in [-0.05, 0) is 29.7 Å². The van der Waals surface area contributed by atoms with Gasteiger partial charge in [-0.15, -0.1) is 5.10 Å². The van der Waals surface area contributed by atoms with Crippen LogP contribution in [0.3, 0.4) is 0 Å². The molecule has 0 saturated carbocycles. The van der Waals surface area contributed by atoms with Gasteiger partial charge in [0.15, 0.2) is 0 Å². The van der Waals surface area contributed by atoms with Crippen LogP contribution in [-0.2, 0) is 13.2 Å². The minimum absolute atomic E-state index is 0.496. The molecule has 24 heavy (non-hydrogen) atoms. The number of hydrogen-bond acceptors (Lipinski definition) is 4. The highest BCUT2D eigenvalue weighted by Gasteiger charge is 2.16. The second kappa shape index (κ2) is 7.75. The lowest BCUT2D eigenvalue weighted by Crippen LogP contribution is -2.10. The summed E-state index contributed by atoms with van der Waals surface area (Å²) in [7, 11) is 0. The van der Waals surface area contributed by atoms with Crippen LogP contribution in [-0.4, -0.2) is 20.1 Å². The van der Waals surface area contributed by atoms with Crippen LogP contribution in [0.1, 0.15) is 36.3 Å². The number of aryl methyl sites for hydroxylation is 1. The highest BCUT2D eigenvalue weighted by atomic mass is 16.5. The van der Waals surface area contributed by atoms with Crippen LogP contribution in [0.5, 0.6) is 5.75 Å². The Hall–Kier alpha value is -2.66. The summed E-state index contributed by atoms with van der Waals surface area (Å²) in [5, 5.41) is 18.6. The predicted octanol–water partition coefficient (Wildman–Crippen LogP) is 3.35. The Kier molecular flexibility index (Phi) is 5.23. The van der Waals surface area contributed by atoms with Gasteiger partial charge in [-0.1, -0.05) is 54.6 Å². The van der Waals surface area contributed by atoms with E-state index in [-0.39, 0.29) is 0 Å². The molecule has 2 aromatic carbocycles. The van der Waals surface area contributed by atoms with Crippen LogP contribution in [0.15, 0.2) is 60.8 Å². The Morgan fingerprint density at radius 3 is 2.75 bits per heavy atom. The zero-order chi connectivity index (χ0) is 16.8. The molecule has 0 aliphatic rings. The molecule has 5 heteroatoms. The van der Waals surface area contributed by atoms with Crippen molar-refractivity contribution in [2.45, 2.75) is 32.6 Å². The summed E-state index contributed by atoms with van der Waals surface area (Å²) in [6.07, 6.45) is 1.77. The van der Waals surface area contributed by atoms with E-state index in [0.717, 1.165) is 29.8 Å². The summed E-state index contributed by atoms with van der Waals surface area (Å²) in [5.41, 5.74) is 2.56. The van der Waals surface area contributed by atoms with E-state index in [1.807, 2.05) is 54.6 Å². The molecule has 1 unspecified atom stereocenters. The number of aromatic nitrogens is 3. The van der Waals surface area contributed by atoms with Gasteiger partial charge in [0.05, 0.1) is 11.9 Å². The van der Waals surface area contributed by atoms with Crippen molar-refractivity contribution in [1.82, 2.24) is 15.0 Å². The van der Waals surface area contributed by atoms with E-state index >= 15 is 0 Å². The van der Waals surface area contributed by atoms with Crippen LogP contribution >= 0.6 is 0 Å². The summed E-state index contributed by atoms with van der Waals surface area (Å²) >= 11 is 0. The molecular formula is C19H21N3O2. The molecule has 0 aliphatic carbocycles. The molecule has 0 aliphatic heterocycles. The Bertz CT molecular complexity index is 771. The van der Waals surface area contributed by atoms with Gasteiger partial charge in [0.25, 0.3) is 0 Å². The van der Waals surface area contributed by atoms with Gasteiger partial charge in [0, 0.05) is 6.54 Å². The molecule has 1 N–H and O–H groups in total. The molecule has 1 aromatic heterocycles. The van der Waals surface area contributed by atoms with E-state index in [9.17, 15) is 5.11 Å². The van der Waals surface area contributed by atoms with Gasteiger partial charge in [-0.25, -0.2) is 4.68 Å². The summed E-state index contributed by atoms with van der Waals surface area (Å²) in [6.45, 7) is 3.29. The maximum Gasteiger partial charge on any atom is 0.122 e. The average Bonchev–Trinajstić information content (AvgIpc) is 3.09. The fraction of sp³-hybridized carbons (Fsp3) is 0.263. The van der Waals surface area contributed by atoms with Crippen molar-refractivity contribution in [3.05, 3.63) is 77.6 Å². The van der Waals surface area contributed by atoms with E-state index in [0.29, 0.717) is 12.3 Å². The first-order valence-electron chi connectivity index (χ1n) is 8.11. The summed E-state index contributed by atoms with van der Waals surface area (Å²) < 4.78 is 7.57. The van der Waals surface area contributed by atoms with Crippen molar-refractivity contribution < 1.29 is 9.84 Å². The van der Waals surface area contributed by atoms with Crippen molar-refractivity contribution in [3.63, 3.8) is 0 Å². The van der Waals surface area contributed by atoms with Crippen LogP contribution < -0.4 is 4.74 Å². The lowest BCUT2D eigenvalue weighted by Gasteiger charge is -2.14. The monoisotopic (exact) mass is 323 g/mol. The third kappa shape index (κ3) is 3.81. The van der Waals surface area contributed by atoms with Crippen molar-refractivity contribution in [3.8, 4) is 5.75 Å². The quantitative estimate of drug-likeness (QED) is 0.724. The van der Waals surface area contributed by atoms with E-state index in [1.165, 1.54) is 0 Å². The summed E-state index contributed by atoms with van der Waals surface area (Å²) in [4.78, 5) is 0. The number of aliphatic hydroxyl groups excluding tert-OH is 1. The van der Waals surface area contributed by atoms with Crippen molar-refractivity contribution in [2.75, 3.05) is 0 Å². The molecule has 5 nitrogen and oxygen atoms in total. The zero-order valence-electron chi connectivity index (χ0n) is 13.7. The predicted molar refractivity (Wildman–Crippen MR) is 91.6 cm³/mol. The first-order chi connectivity index (χ1) is 11.8. The maximum absolute atomic E-state index is 10.6. The Labute approximate surface area is 141 Å². The number of hydrogen-bond donors (Lipinski definition) is 1. The SMILES string of the molecule is CCCn1nncc1C(O)c1cccc(OCc2ccccc2)c1. The summed E-state index contributed by atoms with van der Waals surface area (Å²) in [6, 6.07) is 17.5. The number of benzene rings is 2. The standard InChI is InChI=1S/C19H21N3O2/c1-2-11-22-18(13-20-21-22)19(23)16-9-6-10-17(12-16)24-14-15-7-4-3-5-8-15/h3-10,12-13,19,23H,2,11,14H2,1H3. The first kappa shape index (κ1) is 16.2.